The maximum atomic E-state index is 14.4. The standard InChI is InChI=1S/C21H24FN3O4S/c1-15(26)16-8-10-17(11-9-16)30(28,29)24(2)14-20(27)23-21-18(22)6-5-7-19(21)25-12-3-4-13-25/h5-11H,3-4,12-14H2,1-2H3,(H,23,27). The van der Waals surface area contributed by atoms with Crippen LogP contribution < -0.4 is 10.2 Å². The summed E-state index contributed by atoms with van der Waals surface area (Å²) in [7, 11) is -2.67. The number of carbonyl (C=O) groups excluding carboxylic acids is 2. The van der Waals surface area contributed by atoms with Crippen LogP contribution in [0.5, 0.6) is 0 Å². The number of hydrogen-bond donors (Lipinski definition) is 1. The van der Waals surface area contributed by atoms with E-state index in [-0.39, 0.29) is 16.4 Å². The summed E-state index contributed by atoms with van der Waals surface area (Å²) in [5.41, 5.74) is 1.04. The van der Waals surface area contributed by atoms with Gasteiger partial charge in [0.1, 0.15) is 11.5 Å². The zero-order valence-electron chi connectivity index (χ0n) is 16.9. The maximum Gasteiger partial charge on any atom is 0.243 e. The molecule has 1 amide bonds. The smallest absolute Gasteiger partial charge is 0.243 e. The normalized spacial score (nSPS) is 14.2. The summed E-state index contributed by atoms with van der Waals surface area (Å²) in [5.74, 6) is -1.39. The number of amides is 1. The molecule has 0 aromatic heterocycles. The number of sulfonamides is 1. The van der Waals surface area contributed by atoms with Crippen LogP contribution in [0.3, 0.4) is 0 Å². The predicted molar refractivity (Wildman–Crippen MR) is 113 cm³/mol. The minimum absolute atomic E-state index is 0.0357. The third kappa shape index (κ3) is 4.68. The number of rotatable bonds is 7. The number of ketones is 1. The Morgan fingerprint density at radius 1 is 1.10 bits per heavy atom. The SMILES string of the molecule is CC(=O)c1ccc(S(=O)(=O)N(C)CC(=O)Nc2c(F)cccc2N2CCCC2)cc1. The molecule has 3 rings (SSSR count). The minimum Gasteiger partial charge on any atom is -0.370 e. The Morgan fingerprint density at radius 3 is 2.33 bits per heavy atom. The molecule has 7 nitrogen and oxygen atoms in total. The zero-order valence-corrected chi connectivity index (χ0v) is 17.7. The molecule has 0 saturated carbocycles. The largest absolute Gasteiger partial charge is 0.370 e. The highest BCUT2D eigenvalue weighted by molar-refractivity contribution is 7.89. The Hall–Kier alpha value is -2.78. The Bertz CT molecular complexity index is 1050. The van der Waals surface area contributed by atoms with E-state index in [9.17, 15) is 22.4 Å². The summed E-state index contributed by atoms with van der Waals surface area (Å²) in [6.07, 6.45) is 1.99. The van der Waals surface area contributed by atoms with Crippen LogP contribution in [0, 0.1) is 5.82 Å². The molecular weight excluding hydrogens is 409 g/mol. The van der Waals surface area contributed by atoms with Crippen molar-refractivity contribution in [3.8, 4) is 0 Å². The first-order chi connectivity index (χ1) is 14.2. The Kier molecular flexibility index (Phi) is 6.52. The second kappa shape index (κ2) is 8.93. The van der Waals surface area contributed by atoms with Gasteiger partial charge in [0.15, 0.2) is 5.78 Å². The van der Waals surface area contributed by atoms with Crippen LogP contribution in [0.15, 0.2) is 47.4 Å². The Labute approximate surface area is 175 Å². The molecule has 1 heterocycles. The summed E-state index contributed by atoms with van der Waals surface area (Å²) >= 11 is 0. The number of nitrogens with one attached hydrogen (secondary N) is 1. The van der Waals surface area contributed by atoms with E-state index < -0.39 is 28.3 Å². The topological polar surface area (TPSA) is 86.8 Å². The number of carbonyl (C=O) groups is 2. The van der Waals surface area contributed by atoms with Gasteiger partial charge in [0.2, 0.25) is 15.9 Å². The van der Waals surface area contributed by atoms with Gasteiger partial charge in [0.25, 0.3) is 0 Å². The van der Waals surface area contributed by atoms with E-state index in [0.29, 0.717) is 11.3 Å². The van der Waals surface area contributed by atoms with Crippen LogP contribution in [0.2, 0.25) is 0 Å². The average Bonchev–Trinajstić information content (AvgIpc) is 3.24. The number of anilines is 2. The van der Waals surface area contributed by atoms with Crippen molar-refractivity contribution < 1.29 is 22.4 Å². The molecule has 0 bridgehead atoms. The summed E-state index contributed by atoms with van der Waals surface area (Å²) in [6, 6.07) is 10.1. The van der Waals surface area contributed by atoms with E-state index in [2.05, 4.69) is 5.32 Å². The van der Waals surface area contributed by atoms with Gasteiger partial charge in [-0.3, -0.25) is 9.59 Å². The molecule has 1 aliphatic heterocycles. The second-order valence-electron chi connectivity index (χ2n) is 7.22. The van der Waals surface area contributed by atoms with Gasteiger partial charge in [-0.2, -0.15) is 4.31 Å². The lowest BCUT2D eigenvalue weighted by atomic mass is 10.2. The second-order valence-corrected chi connectivity index (χ2v) is 9.26. The van der Waals surface area contributed by atoms with E-state index in [4.69, 9.17) is 0 Å². The molecular formula is C21H24FN3O4S. The molecule has 160 valence electrons. The van der Waals surface area contributed by atoms with Crippen molar-refractivity contribution >= 4 is 33.1 Å². The molecule has 0 atom stereocenters. The van der Waals surface area contributed by atoms with E-state index in [1.165, 1.54) is 44.3 Å². The summed E-state index contributed by atoms with van der Waals surface area (Å²) in [4.78, 5) is 25.8. The zero-order chi connectivity index (χ0) is 21.9. The van der Waals surface area contributed by atoms with Crippen LogP contribution in [0.1, 0.15) is 30.1 Å². The predicted octanol–water partition coefficient (Wildman–Crippen LogP) is 2.89. The molecule has 30 heavy (non-hydrogen) atoms. The average molecular weight is 434 g/mol. The van der Waals surface area contributed by atoms with E-state index in [0.717, 1.165) is 30.2 Å². The molecule has 0 aliphatic carbocycles. The van der Waals surface area contributed by atoms with Crippen LogP contribution in [0.25, 0.3) is 0 Å². The molecule has 2 aromatic carbocycles. The van der Waals surface area contributed by atoms with E-state index >= 15 is 0 Å². The highest BCUT2D eigenvalue weighted by atomic mass is 32.2. The molecule has 0 unspecified atom stereocenters. The highest BCUT2D eigenvalue weighted by Gasteiger charge is 2.25. The van der Waals surface area contributed by atoms with Gasteiger partial charge in [0, 0.05) is 25.7 Å². The lowest BCUT2D eigenvalue weighted by Gasteiger charge is -2.23. The molecule has 0 radical (unpaired) electrons. The minimum atomic E-state index is -3.95. The van der Waals surface area contributed by atoms with Crippen molar-refractivity contribution in [2.45, 2.75) is 24.7 Å². The fourth-order valence-electron chi connectivity index (χ4n) is 3.37. The number of hydrogen-bond acceptors (Lipinski definition) is 5. The molecule has 1 N–H and O–H groups in total. The van der Waals surface area contributed by atoms with Gasteiger partial charge < -0.3 is 10.2 Å². The van der Waals surface area contributed by atoms with Gasteiger partial charge in [-0.1, -0.05) is 18.2 Å². The number of para-hydroxylation sites is 1. The molecule has 2 aromatic rings. The maximum absolute atomic E-state index is 14.4. The van der Waals surface area contributed by atoms with Gasteiger partial charge in [-0.15, -0.1) is 0 Å². The van der Waals surface area contributed by atoms with Gasteiger partial charge in [-0.05, 0) is 44.0 Å². The van der Waals surface area contributed by atoms with Gasteiger partial charge >= 0.3 is 0 Å². The summed E-state index contributed by atoms with van der Waals surface area (Å²) in [5, 5.41) is 2.53. The summed E-state index contributed by atoms with van der Waals surface area (Å²) in [6.45, 7) is 2.46. The van der Waals surface area contributed by atoms with Crippen LogP contribution in [-0.4, -0.2) is 51.1 Å². The van der Waals surface area contributed by atoms with Gasteiger partial charge in [-0.25, -0.2) is 12.8 Å². The number of nitrogens with zero attached hydrogens (tertiary/aromatic N) is 2. The molecule has 9 heteroatoms. The van der Waals surface area contributed by atoms with Crippen LogP contribution in [-0.2, 0) is 14.8 Å². The first-order valence-corrected chi connectivity index (χ1v) is 11.0. The number of halogens is 1. The van der Waals surface area contributed by atoms with E-state index in [1.807, 2.05) is 4.90 Å². The van der Waals surface area contributed by atoms with Gasteiger partial charge in [0.05, 0.1) is 17.1 Å². The third-order valence-electron chi connectivity index (χ3n) is 5.04. The fraction of sp³-hybridized carbons (Fsp3) is 0.333. The van der Waals surface area contributed by atoms with Crippen molar-refractivity contribution in [3.63, 3.8) is 0 Å². The molecule has 0 spiro atoms. The van der Waals surface area contributed by atoms with Crippen molar-refractivity contribution in [2.24, 2.45) is 0 Å². The van der Waals surface area contributed by atoms with Crippen molar-refractivity contribution in [1.82, 2.24) is 4.31 Å². The number of likely N-dealkylation sites (N-methyl/N-ethyl adjacent to an activating group) is 1. The first kappa shape index (κ1) is 21.9. The molecule has 1 aliphatic rings. The van der Waals surface area contributed by atoms with Crippen LogP contribution in [0.4, 0.5) is 15.8 Å². The monoisotopic (exact) mass is 433 g/mol. The van der Waals surface area contributed by atoms with E-state index in [1.54, 1.807) is 12.1 Å². The first-order valence-electron chi connectivity index (χ1n) is 9.61. The van der Waals surface area contributed by atoms with Crippen molar-refractivity contribution in [1.29, 1.82) is 0 Å². The summed E-state index contributed by atoms with van der Waals surface area (Å²) < 4.78 is 40.7. The third-order valence-corrected chi connectivity index (χ3v) is 6.86. The lowest BCUT2D eigenvalue weighted by molar-refractivity contribution is -0.116. The van der Waals surface area contributed by atoms with Crippen LogP contribution >= 0.6 is 0 Å². The Morgan fingerprint density at radius 2 is 1.73 bits per heavy atom. The van der Waals surface area contributed by atoms with Crippen molar-refractivity contribution in [3.05, 3.63) is 53.8 Å². The lowest BCUT2D eigenvalue weighted by Crippen LogP contribution is -2.35. The van der Waals surface area contributed by atoms with Crippen molar-refractivity contribution in [2.75, 3.05) is 36.9 Å². The Balaban J connectivity index is 1.74. The molecule has 1 fully saturated rings. The number of benzene rings is 2. The molecule has 1 saturated heterocycles. The number of Topliss-reactive ketones (excluding diaryl/α,β-unsaturated/α-hetero) is 1. The highest BCUT2D eigenvalue weighted by Crippen LogP contribution is 2.31. The quantitative estimate of drug-likeness (QED) is 0.679. The fourth-order valence-corrected chi connectivity index (χ4v) is 4.49.